The Balaban J connectivity index is 1.73. The number of carboxylic acid groups (broad SMARTS) is 1. The zero-order valence-electron chi connectivity index (χ0n) is 11.5. The smallest absolute Gasteiger partial charge is 0.320 e. The van der Waals surface area contributed by atoms with Crippen LogP contribution in [0.4, 0.5) is 0 Å². The van der Waals surface area contributed by atoms with Crippen LogP contribution in [-0.4, -0.2) is 28.6 Å². The number of carboxylic acids is 1. The Labute approximate surface area is 131 Å². The molecule has 21 heavy (non-hydrogen) atoms. The summed E-state index contributed by atoms with van der Waals surface area (Å²) < 4.78 is 6.88. The summed E-state index contributed by atoms with van der Waals surface area (Å²) in [6.45, 7) is 1.36. The number of aliphatic carboxylic acids is 1. The Hall–Kier alpha value is -1.59. The van der Waals surface area contributed by atoms with Crippen LogP contribution in [0.1, 0.15) is 18.6 Å². The lowest BCUT2D eigenvalue weighted by molar-refractivity contribution is -0.142. The zero-order valence-corrected chi connectivity index (χ0v) is 13.0. The summed E-state index contributed by atoms with van der Waals surface area (Å²) in [5, 5.41) is 9.19. The lowest BCUT2D eigenvalue weighted by Crippen LogP contribution is -2.35. The number of nitrogens with zero attached hydrogens (tertiary/aromatic N) is 1. The van der Waals surface area contributed by atoms with E-state index in [9.17, 15) is 9.90 Å². The van der Waals surface area contributed by atoms with Crippen molar-refractivity contribution in [2.75, 3.05) is 6.54 Å². The largest absolute Gasteiger partial charge is 0.480 e. The molecule has 2 heterocycles. The van der Waals surface area contributed by atoms with Crippen molar-refractivity contribution in [1.29, 1.82) is 0 Å². The Kier molecular flexibility index (Phi) is 4.12. The van der Waals surface area contributed by atoms with Crippen LogP contribution in [0.15, 0.2) is 45.3 Å². The Morgan fingerprint density at radius 3 is 2.76 bits per heavy atom. The average molecular weight is 350 g/mol. The fraction of sp³-hybridized carbons (Fsp3) is 0.312. The topological polar surface area (TPSA) is 53.7 Å². The van der Waals surface area contributed by atoms with Gasteiger partial charge in [-0.05, 0) is 43.7 Å². The van der Waals surface area contributed by atoms with Crippen molar-refractivity contribution in [2.45, 2.75) is 25.4 Å². The first kappa shape index (κ1) is 14.4. The van der Waals surface area contributed by atoms with Crippen LogP contribution in [0.2, 0.25) is 0 Å². The van der Waals surface area contributed by atoms with E-state index in [0.717, 1.165) is 40.9 Å². The molecule has 0 radical (unpaired) electrons. The van der Waals surface area contributed by atoms with Crippen LogP contribution >= 0.6 is 15.9 Å². The monoisotopic (exact) mass is 349 g/mol. The van der Waals surface area contributed by atoms with E-state index in [-0.39, 0.29) is 6.04 Å². The van der Waals surface area contributed by atoms with Gasteiger partial charge in [-0.1, -0.05) is 28.1 Å². The van der Waals surface area contributed by atoms with Crippen LogP contribution in [0, 0.1) is 0 Å². The van der Waals surface area contributed by atoms with Crippen LogP contribution in [0.5, 0.6) is 0 Å². The van der Waals surface area contributed by atoms with Gasteiger partial charge in [-0.3, -0.25) is 9.69 Å². The SMILES string of the molecule is O=C(O)C1CCCN1Cc1ccc(-c2ccc(Br)cc2)o1. The summed E-state index contributed by atoms with van der Waals surface area (Å²) in [6, 6.07) is 11.4. The third-order valence-electron chi connectivity index (χ3n) is 3.80. The fourth-order valence-electron chi connectivity index (χ4n) is 2.73. The lowest BCUT2D eigenvalue weighted by atomic mass is 10.2. The summed E-state index contributed by atoms with van der Waals surface area (Å²) in [7, 11) is 0. The molecule has 0 spiro atoms. The van der Waals surface area contributed by atoms with E-state index in [4.69, 9.17) is 4.42 Å². The molecule has 0 amide bonds. The standard InChI is InChI=1S/C16H16BrNO3/c17-12-5-3-11(4-6-12)15-8-7-13(21-15)10-18-9-1-2-14(18)16(19)20/h3-8,14H,1-2,9-10H2,(H,19,20). The minimum absolute atomic E-state index is 0.383. The van der Waals surface area contributed by atoms with Crippen LogP contribution in [0.25, 0.3) is 11.3 Å². The van der Waals surface area contributed by atoms with Crippen molar-refractivity contribution in [3.05, 3.63) is 46.6 Å². The number of carbonyl (C=O) groups is 1. The maximum Gasteiger partial charge on any atom is 0.320 e. The summed E-state index contributed by atoms with van der Waals surface area (Å²) >= 11 is 3.41. The van der Waals surface area contributed by atoms with Crippen LogP contribution in [0.3, 0.4) is 0 Å². The van der Waals surface area contributed by atoms with Crippen molar-refractivity contribution < 1.29 is 14.3 Å². The van der Waals surface area contributed by atoms with Gasteiger partial charge in [0.1, 0.15) is 17.6 Å². The summed E-state index contributed by atoms with van der Waals surface area (Å²) in [6.07, 6.45) is 1.65. The first-order valence-electron chi connectivity index (χ1n) is 6.95. The quantitative estimate of drug-likeness (QED) is 0.912. The highest BCUT2D eigenvalue weighted by atomic mass is 79.9. The van der Waals surface area contributed by atoms with Crippen molar-refractivity contribution in [3.63, 3.8) is 0 Å². The predicted molar refractivity (Wildman–Crippen MR) is 82.9 cm³/mol. The molecule has 1 fully saturated rings. The molecular weight excluding hydrogens is 334 g/mol. The molecular formula is C16H16BrNO3. The molecule has 1 atom stereocenters. The summed E-state index contributed by atoms with van der Waals surface area (Å²) in [4.78, 5) is 13.1. The van der Waals surface area contributed by atoms with E-state index < -0.39 is 5.97 Å². The molecule has 1 aliphatic heterocycles. The first-order chi connectivity index (χ1) is 10.1. The fourth-order valence-corrected chi connectivity index (χ4v) is 2.99. The van der Waals surface area contributed by atoms with Crippen LogP contribution < -0.4 is 0 Å². The minimum atomic E-state index is -0.743. The molecule has 1 saturated heterocycles. The number of furan rings is 1. The molecule has 5 heteroatoms. The highest BCUT2D eigenvalue weighted by molar-refractivity contribution is 9.10. The van der Waals surface area contributed by atoms with Gasteiger partial charge < -0.3 is 9.52 Å². The second-order valence-electron chi connectivity index (χ2n) is 5.24. The lowest BCUT2D eigenvalue weighted by Gasteiger charge is -2.19. The Morgan fingerprint density at radius 1 is 1.29 bits per heavy atom. The van der Waals surface area contributed by atoms with Gasteiger partial charge in [0.2, 0.25) is 0 Å². The molecule has 0 bridgehead atoms. The van der Waals surface area contributed by atoms with Gasteiger partial charge in [-0.2, -0.15) is 0 Å². The molecule has 2 aromatic rings. The zero-order chi connectivity index (χ0) is 14.8. The minimum Gasteiger partial charge on any atom is -0.480 e. The third-order valence-corrected chi connectivity index (χ3v) is 4.33. The molecule has 1 N–H and O–H groups in total. The summed E-state index contributed by atoms with van der Waals surface area (Å²) in [5.41, 5.74) is 1.01. The Morgan fingerprint density at radius 2 is 2.05 bits per heavy atom. The molecule has 1 unspecified atom stereocenters. The van der Waals surface area contributed by atoms with Crippen molar-refractivity contribution in [2.24, 2.45) is 0 Å². The van der Waals surface area contributed by atoms with E-state index in [1.54, 1.807) is 0 Å². The highest BCUT2D eigenvalue weighted by Crippen LogP contribution is 2.26. The molecule has 4 nitrogen and oxygen atoms in total. The number of hydrogen-bond acceptors (Lipinski definition) is 3. The van der Waals surface area contributed by atoms with Gasteiger partial charge in [0, 0.05) is 10.0 Å². The van der Waals surface area contributed by atoms with Crippen LogP contribution in [-0.2, 0) is 11.3 Å². The first-order valence-corrected chi connectivity index (χ1v) is 7.74. The molecule has 1 aliphatic rings. The van der Waals surface area contributed by atoms with Gasteiger partial charge in [0.25, 0.3) is 0 Å². The highest BCUT2D eigenvalue weighted by Gasteiger charge is 2.30. The molecule has 1 aromatic carbocycles. The second kappa shape index (κ2) is 6.03. The van der Waals surface area contributed by atoms with Gasteiger partial charge in [-0.15, -0.1) is 0 Å². The average Bonchev–Trinajstić information content (AvgIpc) is 3.09. The van der Waals surface area contributed by atoms with E-state index in [2.05, 4.69) is 15.9 Å². The number of rotatable bonds is 4. The predicted octanol–water partition coefficient (Wildman–Crippen LogP) is 3.76. The van der Waals surface area contributed by atoms with Gasteiger partial charge in [-0.25, -0.2) is 0 Å². The number of hydrogen-bond donors (Lipinski definition) is 1. The van der Waals surface area contributed by atoms with E-state index in [0.29, 0.717) is 6.54 Å². The second-order valence-corrected chi connectivity index (χ2v) is 6.16. The molecule has 110 valence electrons. The van der Waals surface area contributed by atoms with Gasteiger partial charge >= 0.3 is 5.97 Å². The number of halogens is 1. The van der Waals surface area contributed by atoms with E-state index >= 15 is 0 Å². The van der Waals surface area contributed by atoms with Gasteiger partial charge in [0.05, 0.1) is 6.54 Å². The van der Waals surface area contributed by atoms with Crippen molar-refractivity contribution in [1.82, 2.24) is 4.90 Å². The molecule has 3 rings (SSSR count). The molecule has 0 saturated carbocycles. The van der Waals surface area contributed by atoms with E-state index in [1.165, 1.54) is 0 Å². The third kappa shape index (κ3) is 3.19. The number of benzene rings is 1. The molecule has 0 aliphatic carbocycles. The normalized spacial score (nSPS) is 19.0. The van der Waals surface area contributed by atoms with Crippen molar-refractivity contribution >= 4 is 21.9 Å². The summed E-state index contributed by atoms with van der Waals surface area (Å²) in [5.74, 6) is 0.872. The number of likely N-dealkylation sites (tertiary alicyclic amines) is 1. The maximum absolute atomic E-state index is 11.2. The van der Waals surface area contributed by atoms with Gasteiger partial charge in [0.15, 0.2) is 0 Å². The maximum atomic E-state index is 11.2. The Bertz CT molecular complexity index is 635. The van der Waals surface area contributed by atoms with Crippen molar-refractivity contribution in [3.8, 4) is 11.3 Å². The molecule has 1 aromatic heterocycles. The van der Waals surface area contributed by atoms with E-state index in [1.807, 2.05) is 41.3 Å².